The predicted octanol–water partition coefficient (Wildman–Crippen LogP) is 2.93. The first-order valence-electron chi connectivity index (χ1n) is 9.49. The molecule has 1 aromatic carbocycles. The third kappa shape index (κ3) is 3.56. The number of hydrogen-bond acceptors (Lipinski definition) is 5. The van der Waals surface area contributed by atoms with Crippen LogP contribution in [-0.2, 0) is 14.8 Å². The molecule has 0 spiro atoms. The highest BCUT2D eigenvalue weighted by atomic mass is 32.2. The van der Waals surface area contributed by atoms with Gasteiger partial charge >= 0.3 is 0 Å². The van der Waals surface area contributed by atoms with Gasteiger partial charge in [0.05, 0.1) is 7.11 Å². The molecule has 2 atom stereocenters. The van der Waals surface area contributed by atoms with Crippen molar-refractivity contribution in [2.24, 2.45) is 0 Å². The number of methoxy groups -OCH3 is 1. The summed E-state index contributed by atoms with van der Waals surface area (Å²) in [7, 11) is -1.96. The van der Waals surface area contributed by atoms with Gasteiger partial charge in [0.15, 0.2) is 0 Å². The van der Waals surface area contributed by atoms with E-state index in [9.17, 15) is 13.2 Å². The zero-order valence-corrected chi connectivity index (χ0v) is 17.4. The largest absolute Gasteiger partial charge is 0.497 e. The summed E-state index contributed by atoms with van der Waals surface area (Å²) in [6, 6.07) is 10.7. The summed E-state index contributed by atoms with van der Waals surface area (Å²) in [5, 5.41) is 1.75. The lowest BCUT2D eigenvalue weighted by Gasteiger charge is -2.27. The number of carbonyl (C=O) groups is 1. The molecular weight excluding hydrogens is 396 g/mol. The third-order valence-corrected chi connectivity index (χ3v) is 8.92. The van der Waals surface area contributed by atoms with E-state index in [0.717, 1.165) is 18.6 Å². The Balaban J connectivity index is 1.47. The Hall–Kier alpha value is -1.90. The molecule has 2 aromatic rings. The van der Waals surface area contributed by atoms with E-state index in [2.05, 4.69) is 0 Å². The fourth-order valence-corrected chi connectivity index (χ4v) is 6.89. The highest BCUT2D eigenvalue weighted by molar-refractivity contribution is 7.91. The van der Waals surface area contributed by atoms with Gasteiger partial charge in [0.25, 0.3) is 10.0 Å². The summed E-state index contributed by atoms with van der Waals surface area (Å²) in [6.07, 6.45) is 2.20. The summed E-state index contributed by atoms with van der Waals surface area (Å²) in [4.78, 5) is 15.0. The van der Waals surface area contributed by atoms with Crippen molar-refractivity contribution in [2.45, 2.75) is 35.4 Å². The normalized spacial score (nSPS) is 23.2. The molecule has 0 N–H and O–H groups in total. The first-order chi connectivity index (χ1) is 13.5. The molecule has 4 rings (SSSR count). The number of amides is 1. The van der Waals surface area contributed by atoms with Gasteiger partial charge in [0.2, 0.25) is 5.91 Å². The van der Waals surface area contributed by atoms with Crippen LogP contribution in [0.3, 0.4) is 0 Å². The fraction of sp³-hybridized carbons (Fsp3) is 0.450. The highest BCUT2D eigenvalue weighted by Crippen LogP contribution is 2.33. The van der Waals surface area contributed by atoms with Crippen LogP contribution >= 0.6 is 11.3 Å². The predicted molar refractivity (Wildman–Crippen MR) is 108 cm³/mol. The Labute approximate surface area is 169 Å². The third-order valence-electron chi connectivity index (χ3n) is 5.63. The molecule has 1 aromatic heterocycles. The van der Waals surface area contributed by atoms with Crippen molar-refractivity contribution in [1.29, 1.82) is 0 Å². The molecule has 8 heteroatoms. The van der Waals surface area contributed by atoms with Crippen LogP contribution in [0.2, 0.25) is 0 Å². The molecule has 150 valence electrons. The van der Waals surface area contributed by atoms with E-state index in [-0.39, 0.29) is 11.8 Å². The van der Waals surface area contributed by atoms with Gasteiger partial charge in [-0.05, 0) is 48.4 Å². The van der Waals surface area contributed by atoms with Gasteiger partial charge in [-0.2, -0.15) is 4.31 Å². The van der Waals surface area contributed by atoms with Crippen molar-refractivity contribution >= 4 is 27.3 Å². The van der Waals surface area contributed by atoms with Crippen LogP contribution in [0.4, 0.5) is 0 Å². The average molecular weight is 421 g/mol. The average Bonchev–Trinajstić information content (AvgIpc) is 3.49. The SMILES string of the molecule is COc1ccc(C2CCN(C(=O)C3CCCN3S(=O)(=O)c3cccs3)C2)cc1. The minimum Gasteiger partial charge on any atom is -0.497 e. The smallest absolute Gasteiger partial charge is 0.253 e. The van der Waals surface area contributed by atoms with Crippen molar-refractivity contribution in [2.75, 3.05) is 26.7 Å². The monoisotopic (exact) mass is 420 g/mol. The molecule has 2 fully saturated rings. The van der Waals surface area contributed by atoms with Crippen molar-refractivity contribution < 1.29 is 17.9 Å². The van der Waals surface area contributed by atoms with E-state index in [0.29, 0.717) is 30.3 Å². The van der Waals surface area contributed by atoms with Crippen molar-refractivity contribution in [1.82, 2.24) is 9.21 Å². The second-order valence-corrected chi connectivity index (χ2v) is 10.3. The molecule has 0 radical (unpaired) electrons. The van der Waals surface area contributed by atoms with Crippen molar-refractivity contribution in [3.05, 3.63) is 47.3 Å². The zero-order chi connectivity index (χ0) is 19.7. The van der Waals surface area contributed by atoms with Crippen LogP contribution in [0.25, 0.3) is 0 Å². The second-order valence-electron chi connectivity index (χ2n) is 7.25. The molecule has 0 saturated carbocycles. The van der Waals surface area contributed by atoms with E-state index in [1.54, 1.807) is 24.6 Å². The molecule has 0 aliphatic carbocycles. The number of carbonyl (C=O) groups excluding carboxylic acids is 1. The number of nitrogens with zero attached hydrogens (tertiary/aromatic N) is 2. The van der Waals surface area contributed by atoms with Crippen LogP contribution in [-0.4, -0.2) is 56.3 Å². The van der Waals surface area contributed by atoms with Gasteiger partial charge in [0, 0.05) is 25.6 Å². The van der Waals surface area contributed by atoms with Crippen LogP contribution in [0.5, 0.6) is 5.75 Å². The number of ether oxygens (including phenoxy) is 1. The molecule has 6 nitrogen and oxygen atoms in total. The summed E-state index contributed by atoms with van der Waals surface area (Å²) in [6.45, 7) is 1.71. The number of rotatable bonds is 5. The number of likely N-dealkylation sites (tertiary alicyclic amines) is 1. The summed E-state index contributed by atoms with van der Waals surface area (Å²) >= 11 is 1.20. The fourth-order valence-electron chi connectivity index (χ4n) is 4.12. The van der Waals surface area contributed by atoms with Gasteiger partial charge in [-0.3, -0.25) is 4.79 Å². The molecule has 0 bridgehead atoms. The second kappa shape index (κ2) is 7.85. The van der Waals surface area contributed by atoms with Gasteiger partial charge < -0.3 is 9.64 Å². The van der Waals surface area contributed by atoms with E-state index < -0.39 is 16.1 Å². The van der Waals surface area contributed by atoms with E-state index in [1.165, 1.54) is 21.2 Å². The lowest BCUT2D eigenvalue weighted by Crippen LogP contribution is -2.46. The Morgan fingerprint density at radius 2 is 1.93 bits per heavy atom. The Morgan fingerprint density at radius 1 is 1.14 bits per heavy atom. The molecule has 28 heavy (non-hydrogen) atoms. The topological polar surface area (TPSA) is 66.9 Å². The first-order valence-corrected chi connectivity index (χ1v) is 11.8. The molecule has 1 amide bonds. The number of hydrogen-bond donors (Lipinski definition) is 0. The summed E-state index contributed by atoms with van der Waals surface area (Å²) in [5.74, 6) is 1.03. The lowest BCUT2D eigenvalue weighted by atomic mass is 9.98. The maximum atomic E-state index is 13.2. The van der Waals surface area contributed by atoms with E-state index >= 15 is 0 Å². The van der Waals surface area contributed by atoms with Gasteiger partial charge in [-0.25, -0.2) is 8.42 Å². The van der Waals surface area contributed by atoms with Crippen LogP contribution < -0.4 is 4.74 Å². The molecular formula is C20H24N2O4S2. The number of thiophene rings is 1. The summed E-state index contributed by atoms with van der Waals surface area (Å²) in [5.41, 5.74) is 1.19. The van der Waals surface area contributed by atoms with E-state index in [1.807, 2.05) is 29.2 Å². The van der Waals surface area contributed by atoms with Crippen molar-refractivity contribution in [3.63, 3.8) is 0 Å². The lowest BCUT2D eigenvalue weighted by molar-refractivity contribution is -0.133. The van der Waals surface area contributed by atoms with Crippen LogP contribution in [0, 0.1) is 0 Å². The minimum atomic E-state index is -3.60. The Bertz CT molecular complexity index is 926. The Morgan fingerprint density at radius 3 is 2.61 bits per heavy atom. The molecule has 3 heterocycles. The zero-order valence-electron chi connectivity index (χ0n) is 15.8. The van der Waals surface area contributed by atoms with Gasteiger partial charge in [0.1, 0.15) is 16.0 Å². The molecule has 2 saturated heterocycles. The van der Waals surface area contributed by atoms with E-state index in [4.69, 9.17) is 4.74 Å². The van der Waals surface area contributed by atoms with Crippen LogP contribution in [0.15, 0.2) is 46.0 Å². The standard InChI is InChI=1S/C20H24N2O4S2/c1-26-17-8-6-15(7-9-17)16-10-12-21(14-16)20(23)18-4-2-11-22(18)28(24,25)19-5-3-13-27-19/h3,5-9,13,16,18H,2,4,10-12,14H2,1H3. The number of benzene rings is 1. The Kier molecular flexibility index (Phi) is 5.44. The van der Waals surface area contributed by atoms with Gasteiger partial charge in [-0.15, -0.1) is 11.3 Å². The molecule has 2 unspecified atom stereocenters. The van der Waals surface area contributed by atoms with Crippen molar-refractivity contribution in [3.8, 4) is 5.75 Å². The summed E-state index contributed by atoms with van der Waals surface area (Å²) < 4.78 is 32.8. The minimum absolute atomic E-state index is 0.0614. The number of sulfonamides is 1. The maximum Gasteiger partial charge on any atom is 0.253 e. The highest BCUT2D eigenvalue weighted by Gasteiger charge is 2.42. The first kappa shape index (κ1) is 19.4. The quantitative estimate of drug-likeness (QED) is 0.746. The molecule has 2 aliphatic heterocycles. The van der Waals surface area contributed by atoms with Crippen LogP contribution in [0.1, 0.15) is 30.7 Å². The maximum absolute atomic E-state index is 13.2. The molecule has 2 aliphatic rings. The van der Waals surface area contributed by atoms with Gasteiger partial charge in [-0.1, -0.05) is 18.2 Å².